The van der Waals surface area contributed by atoms with Crippen molar-refractivity contribution in [3.63, 3.8) is 0 Å². The molecule has 0 fully saturated rings. The molecule has 0 unspecified atom stereocenters. The van der Waals surface area contributed by atoms with Crippen LogP contribution in [-0.2, 0) is 38.1 Å². The molecular formula is C22H36N4O10. The average Bonchev–Trinajstić information content (AvgIpc) is 2.71. The molecule has 0 spiro atoms. The Morgan fingerprint density at radius 1 is 0.583 bits per heavy atom. The number of esters is 2. The molecule has 4 N–H and O–H groups in total. The summed E-state index contributed by atoms with van der Waals surface area (Å²) >= 11 is 0. The van der Waals surface area contributed by atoms with E-state index < -0.39 is 70.6 Å². The molecule has 2 atom stereocenters. The quantitative estimate of drug-likeness (QED) is 0.202. The topological polar surface area (TPSA) is 187 Å². The molecule has 0 bridgehead atoms. The molecule has 36 heavy (non-hydrogen) atoms. The molecule has 0 saturated carbocycles. The second-order valence-corrected chi connectivity index (χ2v) is 9.45. The van der Waals surface area contributed by atoms with Gasteiger partial charge >= 0.3 is 24.1 Å². The number of carbonyl (C=O) groups excluding carboxylic acids is 6. The molecule has 14 heteroatoms. The molecule has 0 aliphatic heterocycles. The highest BCUT2D eigenvalue weighted by Gasteiger charge is 2.30. The smallest absolute Gasteiger partial charge is 0.408 e. The van der Waals surface area contributed by atoms with Gasteiger partial charge in [0.05, 0.1) is 14.2 Å². The molecule has 14 nitrogen and oxygen atoms in total. The number of carbonyl (C=O) groups is 6. The fourth-order valence-electron chi connectivity index (χ4n) is 2.20. The minimum absolute atomic E-state index is 0.773. The lowest BCUT2D eigenvalue weighted by Crippen LogP contribution is -2.50. The fraction of sp³-hybridized carbons (Fsp3) is 0.636. The summed E-state index contributed by atoms with van der Waals surface area (Å²) in [4.78, 5) is 73.9. The number of hydrogen-bond donors (Lipinski definition) is 4. The van der Waals surface area contributed by atoms with E-state index >= 15 is 0 Å². The first kappa shape index (κ1) is 32.2. The van der Waals surface area contributed by atoms with Crippen LogP contribution in [0, 0.1) is 0 Å². The van der Waals surface area contributed by atoms with Crippen LogP contribution in [0.2, 0.25) is 0 Å². The lowest BCUT2D eigenvalue weighted by Gasteiger charge is -2.23. The largest absolute Gasteiger partial charge is 0.464 e. The number of methoxy groups -OCH3 is 2. The molecule has 0 rings (SSSR count). The molecule has 0 aliphatic rings. The highest BCUT2D eigenvalue weighted by Crippen LogP contribution is 2.09. The van der Waals surface area contributed by atoms with Crippen LogP contribution in [0.1, 0.15) is 55.4 Å². The zero-order valence-corrected chi connectivity index (χ0v) is 22.2. The maximum absolute atomic E-state index is 12.6. The zero-order valence-electron chi connectivity index (χ0n) is 22.2. The predicted octanol–water partition coefficient (Wildman–Crippen LogP) is 0.603. The Hall–Kier alpha value is -3.84. The molecule has 204 valence electrons. The van der Waals surface area contributed by atoms with Crippen LogP contribution in [0.25, 0.3) is 0 Å². The standard InChI is InChI=1S/C22H36N4O10/c1-11(23-19(31)35-21(3,4)5)15(27)25-13(17(29)33-9)14(18(30)34-10)26-16(28)12(2)24-20(32)36-22(6,7)8/h11-12H,1-10H3,(H,23,31)(H,24,32)(H,25,27)(H,26,28)/b14-13-/t11-,12-/m0/s1. The van der Waals surface area contributed by atoms with E-state index in [0.717, 1.165) is 14.2 Å². The van der Waals surface area contributed by atoms with Crippen LogP contribution in [0.3, 0.4) is 0 Å². The molecular weight excluding hydrogens is 480 g/mol. The van der Waals surface area contributed by atoms with Crippen LogP contribution in [-0.4, -0.2) is 73.4 Å². The van der Waals surface area contributed by atoms with E-state index in [2.05, 4.69) is 30.7 Å². The minimum atomic E-state index is -1.23. The number of rotatable bonds is 8. The maximum atomic E-state index is 12.6. The Morgan fingerprint density at radius 2 is 0.861 bits per heavy atom. The van der Waals surface area contributed by atoms with Gasteiger partial charge in [-0.3, -0.25) is 9.59 Å². The molecule has 0 aromatic carbocycles. The van der Waals surface area contributed by atoms with Crippen molar-refractivity contribution in [2.45, 2.75) is 78.7 Å². The summed E-state index contributed by atoms with van der Waals surface area (Å²) in [7, 11) is 1.94. The molecule has 0 radical (unpaired) electrons. The number of ether oxygens (including phenoxy) is 4. The average molecular weight is 517 g/mol. The van der Waals surface area contributed by atoms with Gasteiger partial charge in [-0.1, -0.05) is 0 Å². The van der Waals surface area contributed by atoms with Gasteiger partial charge in [-0.25, -0.2) is 19.2 Å². The number of nitrogens with one attached hydrogen (secondary N) is 4. The third-order valence-corrected chi connectivity index (χ3v) is 3.78. The minimum Gasteiger partial charge on any atom is -0.464 e. The van der Waals surface area contributed by atoms with Crippen molar-refractivity contribution >= 4 is 35.9 Å². The van der Waals surface area contributed by atoms with Crippen LogP contribution in [0.5, 0.6) is 0 Å². The van der Waals surface area contributed by atoms with Crippen LogP contribution >= 0.6 is 0 Å². The monoisotopic (exact) mass is 516 g/mol. The summed E-state index contributed by atoms with van der Waals surface area (Å²) in [6.07, 6.45) is -1.81. The van der Waals surface area contributed by atoms with Crippen LogP contribution < -0.4 is 21.3 Å². The Labute approximate surface area is 209 Å². The van der Waals surface area contributed by atoms with Crippen LogP contribution in [0.4, 0.5) is 9.59 Å². The van der Waals surface area contributed by atoms with E-state index in [1.807, 2.05) is 0 Å². The SMILES string of the molecule is COC(=O)/C(NC(=O)[C@H](C)NC(=O)OC(C)(C)C)=C(/NC(=O)[C@H](C)NC(=O)OC(C)(C)C)C(=O)OC. The third-order valence-electron chi connectivity index (χ3n) is 3.78. The van der Waals surface area contributed by atoms with Gasteiger partial charge < -0.3 is 40.2 Å². The van der Waals surface area contributed by atoms with E-state index in [1.54, 1.807) is 41.5 Å². The summed E-state index contributed by atoms with van der Waals surface area (Å²) in [6.45, 7) is 12.3. The summed E-state index contributed by atoms with van der Waals surface area (Å²) < 4.78 is 19.3. The summed E-state index contributed by atoms with van der Waals surface area (Å²) in [5.41, 5.74) is -3.21. The first-order chi connectivity index (χ1) is 16.3. The van der Waals surface area contributed by atoms with Crippen molar-refractivity contribution in [2.24, 2.45) is 0 Å². The first-order valence-electron chi connectivity index (χ1n) is 10.8. The number of amides is 4. The number of hydrogen-bond acceptors (Lipinski definition) is 10. The van der Waals surface area contributed by atoms with Crippen LogP contribution in [0.15, 0.2) is 11.4 Å². The number of alkyl carbamates (subject to hydrolysis) is 2. The Morgan fingerprint density at radius 3 is 1.08 bits per heavy atom. The van der Waals surface area contributed by atoms with Crippen molar-refractivity contribution in [3.8, 4) is 0 Å². The fourth-order valence-corrected chi connectivity index (χ4v) is 2.20. The molecule has 0 aliphatic carbocycles. The van der Waals surface area contributed by atoms with Crippen molar-refractivity contribution < 1.29 is 47.7 Å². The van der Waals surface area contributed by atoms with E-state index in [0.29, 0.717) is 0 Å². The molecule has 4 amide bonds. The van der Waals surface area contributed by atoms with E-state index in [-0.39, 0.29) is 0 Å². The van der Waals surface area contributed by atoms with Gasteiger partial charge in [0.25, 0.3) is 0 Å². The second-order valence-electron chi connectivity index (χ2n) is 9.45. The maximum Gasteiger partial charge on any atom is 0.408 e. The highest BCUT2D eigenvalue weighted by atomic mass is 16.6. The summed E-state index contributed by atoms with van der Waals surface area (Å²) in [6, 6.07) is -2.47. The van der Waals surface area contributed by atoms with Gasteiger partial charge in [-0.2, -0.15) is 0 Å². The van der Waals surface area contributed by atoms with Gasteiger partial charge in [-0.15, -0.1) is 0 Å². The van der Waals surface area contributed by atoms with E-state index in [9.17, 15) is 28.8 Å². The molecule has 0 heterocycles. The lowest BCUT2D eigenvalue weighted by atomic mass is 10.2. The summed E-state index contributed by atoms with van der Waals surface area (Å²) in [5, 5.41) is 8.80. The van der Waals surface area contributed by atoms with Crippen molar-refractivity contribution in [1.29, 1.82) is 0 Å². The molecule has 0 saturated heterocycles. The summed E-state index contributed by atoms with van der Waals surface area (Å²) in [5.74, 6) is -4.31. The Kier molecular flexibility index (Phi) is 11.9. The predicted molar refractivity (Wildman–Crippen MR) is 125 cm³/mol. The molecule has 0 aromatic heterocycles. The van der Waals surface area contributed by atoms with Gasteiger partial charge in [0.15, 0.2) is 11.4 Å². The molecule has 0 aromatic rings. The van der Waals surface area contributed by atoms with E-state index in [1.165, 1.54) is 13.8 Å². The van der Waals surface area contributed by atoms with Gasteiger partial charge in [0, 0.05) is 0 Å². The van der Waals surface area contributed by atoms with Crippen molar-refractivity contribution in [2.75, 3.05) is 14.2 Å². The van der Waals surface area contributed by atoms with Gasteiger partial charge in [-0.05, 0) is 55.4 Å². The normalized spacial score (nSPS) is 13.6. The van der Waals surface area contributed by atoms with E-state index in [4.69, 9.17) is 9.47 Å². The highest BCUT2D eigenvalue weighted by molar-refractivity contribution is 6.05. The van der Waals surface area contributed by atoms with Crippen molar-refractivity contribution in [1.82, 2.24) is 21.3 Å². The first-order valence-corrected chi connectivity index (χ1v) is 10.8. The second kappa shape index (κ2) is 13.3. The van der Waals surface area contributed by atoms with Gasteiger partial charge in [0.2, 0.25) is 11.8 Å². The lowest BCUT2D eigenvalue weighted by molar-refractivity contribution is -0.141. The zero-order chi connectivity index (χ0) is 28.4. The third kappa shape index (κ3) is 12.0. The Balaban J connectivity index is 5.86. The van der Waals surface area contributed by atoms with Gasteiger partial charge in [0.1, 0.15) is 23.3 Å². The van der Waals surface area contributed by atoms with Crippen molar-refractivity contribution in [3.05, 3.63) is 11.4 Å². The Bertz CT molecular complexity index is 827.